The van der Waals surface area contributed by atoms with E-state index < -0.39 is 0 Å². The minimum absolute atomic E-state index is 0.0110. The van der Waals surface area contributed by atoms with Crippen molar-refractivity contribution in [3.05, 3.63) is 18.2 Å². The Morgan fingerprint density at radius 2 is 2.31 bits per heavy atom. The van der Waals surface area contributed by atoms with Crippen LogP contribution in [0.5, 0.6) is 5.75 Å². The van der Waals surface area contributed by atoms with Crippen LogP contribution in [0.1, 0.15) is 6.92 Å². The van der Waals surface area contributed by atoms with E-state index in [-0.39, 0.29) is 16.9 Å². The molecular formula is C9H9NO2S. The molecule has 0 radical (unpaired) electrons. The molecule has 1 heterocycles. The lowest BCUT2D eigenvalue weighted by Gasteiger charge is -2.21. The van der Waals surface area contributed by atoms with Crippen molar-refractivity contribution in [1.82, 2.24) is 0 Å². The second kappa shape index (κ2) is 2.96. The highest BCUT2D eigenvalue weighted by molar-refractivity contribution is 8.01. The average Bonchev–Trinajstić information content (AvgIpc) is 2.09. The first-order valence-electron chi connectivity index (χ1n) is 3.98. The fourth-order valence-electron chi connectivity index (χ4n) is 1.21. The van der Waals surface area contributed by atoms with Crippen LogP contribution in [0, 0.1) is 0 Å². The van der Waals surface area contributed by atoms with E-state index in [1.807, 2.05) is 6.92 Å². The highest BCUT2D eigenvalue weighted by Gasteiger charge is 2.24. The van der Waals surface area contributed by atoms with Crippen LogP contribution in [0.2, 0.25) is 0 Å². The maximum Gasteiger partial charge on any atom is 0.237 e. The quantitative estimate of drug-likeness (QED) is 0.664. The average molecular weight is 195 g/mol. The van der Waals surface area contributed by atoms with E-state index in [0.717, 1.165) is 4.90 Å². The number of phenols is 1. The van der Waals surface area contributed by atoms with Crippen molar-refractivity contribution in [3.8, 4) is 5.75 Å². The number of anilines is 1. The largest absolute Gasteiger partial charge is 0.507 e. The zero-order valence-corrected chi connectivity index (χ0v) is 7.89. The minimum Gasteiger partial charge on any atom is -0.507 e. The fourth-order valence-corrected chi connectivity index (χ4v) is 2.17. The van der Waals surface area contributed by atoms with Gasteiger partial charge in [0.25, 0.3) is 0 Å². The number of aromatic hydroxyl groups is 1. The van der Waals surface area contributed by atoms with E-state index in [1.54, 1.807) is 18.2 Å². The van der Waals surface area contributed by atoms with Crippen LogP contribution in [0.25, 0.3) is 0 Å². The number of hydrogen-bond acceptors (Lipinski definition) is 3. The molecular weight excluding hydrogens is 186 g/mol. The smallest absolute Gasteiger partial charge is 0.237 e. The first kappa shape index (κ1) is 8.44. The molecule has 2 N–H and O–H groups in total. The zero-order valence-electron chi connectivity index (χ0n) is 7.07. The lowest BCUT2D eigenvalue weighted by Crippen LogP contribution is -2.26. The van der Waals surface area contributed by atoms with Crippen molar-refractivity contribution >= 4 is 23.4 Å². The van der Waals surface area contributed by atoms with Crippen molar-refractivity contribution in [2.24, 2.45) is 0 Å². The summed E-state index contributed by atoms with van der Waals surface area (Å²) < 4.78 is 0. The first-order chi connectivity index (χ1) is 6.18. The van der Waals surface area contributed by atoms with Crippen LogP contribution in [-0.2, 0) is 4.79 Å². The monoisotopic (exact) mass is 195 g/mol. The van der Waals surface area contributed by atoms with E-state index in [4.69, 9.17) is 0 Å². The van der Waals surface area contributed by atoms with Gasteiger partial charge in [0.05, 0.1) is 15.8 Å². The van der Waals surface area contributed by atoms with Crippen LogP contribution in [0.15, 0.2) is 23.1 Å². The van der Waals surface area contributed by atoms with Crippen LogP contribution in [-0.4, -0.2) is 16.3 Å². The Morgan fingerprint density at radius 1 is 1.54 bits per heavy atom. The van der Waals surface area contributed by atoms with Gasteiger partial charge in [-0.2, -0.15) is 0 Å². The van der Waals surface area contributed by atoms with Crippen molar-refractivity contribution in [2.75, 3.05) is 5.32 Å². The Morgan fingerprint density at radius 3 is 3.08 bits per heavy atom. The lowest BCUT2D eigenvalue weighted by molar-refractivity contribution is -0.115. The van der Waals surface area contributed by atoms with E-state index in [1.165, 1.54) is 11.8 Å². The third-order valence-electron chi connectivity index (χ3n) is 1.92. The SMILES string of the molecule is CC1Sc2c(O)cccc2NC1=O. The Hall–Kier alpha value is -1.16. The van der Waals surface area contributed by atoms with E-state index in [9.17, 15) is 9.90 Å². The number of nitrogens with one attached hydrogen (secondary N) is 1. The third-order valence-corrected chi connectivity index (χ3v) is 3.15. The summed E-state index contributed by atoms with van der Waals surface area (Å²) in [7, 11) is 0. The predicted octanol–water partition coefficient (Wildman–Crippen LogP) is 1.82. The van der Waals surface area contributed by atoms with Crippen molar-refractivity contribution in [2.45, 2.75) is 17.1 Å². The molecule has 68 valence electrons. The summed E-state index contributed by atoms with van der Waals surface area (Å²) in [5, 5.41) is 12.1. The van der Waals surface area contributed by atoms with Gasteiger partial charge in [-0.1, -0.05) is 6.07 Å². The summed E-state index contributed by atoms with van der Waals surface area (Å²) >= 11 is 1.38. The molecule has 2 rings (SSSR count). The predicted molar refractivity (Wildman–Crippen MR) is 52.1 cm³/mol. The summed E-state index contributed by atoms with van der Waals surface area (Å²) in [6.45, 7) is 1.81. The maximum atomic E-state index is 11.3. The van der Waals surface area contributed by atoms with Gasteiger partial charge in [-0.05, 0) is 19.1 Å². The molecule has 0 saturated carbocycles. The zero-order chi connectivity index (χ0) is 9.42. The second-order valence-corrected chi connectivity index (χ2v) is 4.25. The van der Waals surface area contributed by atoms with Gasteiger partial charge in [0, 0.05) is 0 Å². The topological polar surface area (TPSA) is 49.3 Å². The van der Waals surface area contributed by atoms with Crippen LogP contribution in [0.4, 0.5) is 5.69 Å². The fraction of sp³-hybridized carbons (Fsp3) is 0.222. The molecule has 4 heteroatoms. The summed E-state index contributed by atoms with van der Waals surface area (Å²) in [5.74, 6) is 0.220. The molecule has 0 fully saturated rings. The molecule has 1 aliphatic rings. The Balaban J connectivity index is 2.48. The molecule has 1 atom stereocenters. The number of phenolic OH excluding ortho intramolecular Hbond substituents is 1. The number of carbonyl (C=O) groups excluding carboxylic acids is 1. The first-order valence-corrected chi connectivity index (χ1v) is 4.86. The highest BCUT2D eigenvalue weighted by Crippen LogP contribution is 2.41. The number of amides is 1. The standard InChI is InChI=1S/C9H9NO2S/c1-5-9(12)10-6-3-2-4-7(11)8(6)13-5/h2-5,11H,1H3,(H,10,12). The summed E-state index contributed by atoms with van der Waals surface area (Å²) in [4.78, 5) is 12.0. The number of benzene rings is 1. The van der Waals surface area contributed by atoms with Crippen molar-refractivity contribution in [3.63, 3.8) is 0 Å². The van der Waals surface area contributed by atoms with Gasteiger partial charge in [-0.15, -0.1) is 11.8 Å². The molecule has 0 spiro atoms. The number of hydrogen-bond donors (Lipinski definition) is 2. The van der Waals surface area contributed by atoms with Gasteiger partial charge in [0.15, 0.2) is 0 Å². The van der Waals surface area contributed by atoms with E-state index in [2.05, 4.69) is 5.32 Å². The molecule has 0 aliphatic carbocycles. The van der Waals surface area contributed by atoms with Crippen molar-refractivity contribution < 1.29 is 9.90 Å². The van der Waals surface area contributed by atoms with Gasteiger partial charge in [-0.25, -0.2) is 0 Å². The van der Waals surface area contributed by atoms with E-state index in [0.29, 0.717) is 5.69 Å². The maximum absolute atomic E-state index is 11.3. The number of thioether (sulfide) groups is 1. The second-order valence-electron chi connectivity index (χ2n) is 2.90. The van der Waals surface area contributed by atoms with Gasteiger partial charge in [-0.3, -0.25) is 4.79 Å². The molecule has 1 aromatic carbocycles. The Kier molecular flexibility index (Phi) is 1.92. The molecule has 0 bridgehead atoms. The molecule has 13 heavy (non-hydrogen) atoms. The number of carbonyl (C=O) groups is 1. The Labute approximate surface area is 80.1 Å². The van der Waals surface area contributed by atoms with Crippen LogP contribution < -0.4 is 5.32 Å². The summed E-state index contributed by atoms with van der Waals surface area (Å²) in [5.41, 5.74) is 0.702. The van der Waals surface area contributed by atoms with Gasteiger partial charge in [0.1, 0.15) is 5.75 Å². The van der Waals surface area contributed by atoms with Gasteiger partial charge in [0.2, 0.25) is 5.91 Å². The number of rotatable bonds is 0. The molecule has 0 saturated heterocycles. The summed E-state index contributed by atoms with van der Waals surface area (Å²) in [6, 6.07) is 5.12. The summed E-state index contributed by atoms with van der Waals surface area (Å²) in [6.07, 6.45) is 0. The van der Waals surface area contributed by atoms with Crippen LogP contribution in [0.3, 0.4) is 0 Å². The molecule has 1 amide bonds. The van der Waals surface area contributed by atoms with E-state index >= 15 is 0 Å². The molecule has 1 aromatic rings. The Bertz CT molecular complexity index is 365. The normalized spacial score (nSPS) is 20.7. The molecule has 1 aliphatic heterocycles. The molecule has 1 unspecified atom stereocenters. The van der Waals surface area contributed by atoms with Crippen molar-refractivity contribution in [1.29, 1.82) is 0 Å². The third kappa shape index (κ3) is 1.37. The number of fused-ring (bicyclic) bond motifs is 1. The van der Waals surface area contributed by atoms with Gasteiger partial charge < -0.3 is 10.4 Å². The highest BCUT2D eigenvalue weighted by atomic mass is 32.2. The molecule has 3 nitrogen and oxygen atoms in total. The lowest BCUT2D eigenvalue weighted by atomic mass is 10.3. The van der Waals surface area contributed by atoms with Gasteiger partial charge >= 0.3 is 0 Å². The minimum atomic E-state index is -0.138. The molecule has 0 aromatic heterocycles. The van der Waals surface area contributed by atoms with Crippen LogP contribution >= 0.6 is 11.8 Å².